The van der Waals surface area contributed by atoms with Crippen molar-refractivity contribution in [3.05, 3.63) is 111 Å². The molecule has 41 heavy (non-hydrogen) atoms. The molecule has 0 fully saturated rings. The van der Waals surface area contributed by atoms with E-state index in [1.807, 2.05) is 54.2 Å². The van der Waals surface area contributed by atoms with Crippen LogP contribution in [0.1, 0.15) is 65.0 Å². The van der Waals surface area contributed by atoms with Gasteiger partial charge in [-0.1, -0.05) is 61.3 Å². The molecule has 1 unspecified atom stereocenters. The Hall–Kier alpha value is -3.78. The number of aromatic carboxylic acids is 1. The molecule has 1 atom stereocenters. The van der Waals surface area contributed by atoms with E-state index in [1.54, 1.807) is 35.0 Å². The van der Waals surface area contributed by atoms with E-state index in [9.17, 15) is 9.90 Å². The molecule has 0 aliphatic carbocycles. The van der Waals surface area contributed by atoms with Gasteiger partial charge in [0.1, 0.15) is 18.0 Å². The Bertz CT molecular complexity index is 1700. The second-order valence-electron chi connectivity index (χ2n) is 10.4. The monoisotopic (exact) mass is 590 g/mol. The number of carbonyl (C=O) groups is 1. The standard InChI is InChI=1S/C32H32Cl2N4O3/c1-19(2)25-17-36-38(31-26(33)8-5-9-27(31)34)29(25)18-41-22-10-11-23(20(3)16-22)28(35)13-15-37-14-12-21-6-4-7-24(30(21)37)32(39)40/h4-12,14,16-17,19,28H,13,15,18,35H2,1-3H3,(H,39,40). The Kier molecular flexibility index (Phi) is 8.40. The molecule has 3 N–H and O–H groups in total. The van der Waals surface area contributed by atoms with Crippen LogP contribution in [-0.4, -0.2) is 25.4 Å². The van der Waals surface area contributed by atoms with E-state index in [2.05, 4.69) is 18.9 Å². The maximum atomic E-state index is 11.7. The van der Waals surface area contributed by atoms with Crippen LogP contribution >= 0.6 is 23.2 Å². The fourth-order valence-electron chi connectivity index (χ4n) is 5.26. The summed E-state index contributed by atoms with van der Waals surface area (Å²) in [6, 6.07) is 18.3. The summed E-state index contributed by atoms with van der Waals surface area (Å²) in [5.74, 6) is 0.00759. The Labute approximate surface area is 249 Å². The molecule has 5 rings (SSSR count). The maximum absolute atomic E-state index is 11.7. The molecule has 2 aromatic heterocycles. The number of carboxylic acids is 1. The van der Waals surface area contributed by atoms with Gasteiger partial charge < -0.3 is 20.1 Å². The van der Waals surface area contributed by atoms with Gasteiger partial charge in [0.25, 0.3) is 0 Å². The van der Waals surface area contributed by atoms with Crippen molar-refractivity contribution in [3.8, 4) is 11.4 Å². The second kappa shape index (κ2) is 12.0. The van der Waals surface area contributed by atoms with E-state index in [0.717, 1.165) is 27.8 Å². The molecular formula is C32H32Cl2N4O3. The van der Waals surface area contributed by atoms with E-state index in [4.69, 9.17) is 33.7 Å². The first-order valence-electron chi connectivity index (χ1n) is 13.5. The number of benzene rings is 3. The predicted octanol–water partition coefficient (Wildman–Crippen LogP) is 7.93. The number of carboxylic acid groups (broad SMARTS) is 1. The molecule has 212 valence electrons. The summed E-state index contributed by atoms with van der Waals surface area (Å²) in [6.45, 7) is 7.12. The number of fused-ring (bicyclic) bond motifs is 1. The van der Waals surface area contributed by atoms with E-state index in [0.29, 0.717) is 40.0 Å². The zero-order valence-corrected chi connectivity index (χ0v) is 24.7. The third-order valence-corrected chi connectivity index (χ3v) is 8.00. The lowest BCUT2D eigenvalue weighted by atomic mass is 9.99. The first-order valence-corrected chi connectivity index (χ1v) is 14.2. The molecule has 0 saturated carbocycles. The number of rotatable bonds is 10. The van der Waals surface area contributed by atoms with Crippen LogP contribution in [0.2, 0.25) is 10.0 Å². The Morgan fingerprint density at radius 1 is 1.05 bits per heavy atom. The van der Waals surface area contributed by atoms with Crippen molar-refractivity contribution < 1.29 is 14.6 Å². The highest BCUT2D eigenvalue weighted by Crippen LogP contribution is 2.32. The minimum atomic E-state index is -0.940. The third-order valence-electron chi connectivity index (χ3n) is 7.39. The van der Waals surface area contributed by atoms with Gasteiger partial charge in [0.05, 0.1) is 33.0 Å². The summed E-state index contributed by atoms with van der Waals surface area (Å²) in [5.41, 5.74) is 12.2. The fourth-order valence-corrected chi connectivity index (χ4v) is 5.81. The molecule has 2 heterocycles. The molecule has 0 bridgehead atoms. The minimum Gasteiger partial charge on any atom is -0.487 e. The number of ether oxygens (including phenoxy) is 1. The number of aromatic nitrogens is 3. The quantitative estimate of drug-likeness (QED) is 0.172. The van der Waals surface area contributed by atoms with Crippen LogP contribution in [-0.2, 0) is 13.2 Å². The van der Waals surface area contributed by atoms with Crippen molar-refractivity contribution in [2.45, 2.75) is 52.3 Å². The summed E-state index contributed by atoms with van der Waals surface area (Å²) >= 11 is 13.0. The molecule has 7 nitrogen and oxygen atoms in total. The van der Waals surface area contributed by atoms with Gasteiger partial charge in [-0.15, -0.1) is 0 Å². The number of aryl methyl sites for hydroxylation is 2. The third kappa shape index (κ3) is 5.84. The van der Waals surface area contributed by atoms with Crippen LogP contribution in [0.3, 0.4) is 0 Å². The summed E-state index contributed by atoms with van der Waals surface area (Å²) in [4.78, 5) is 11.7. The zero-order chi connectivity index (χ0) is 29.3. The summed E-state index contributed by atoms with van der Waals surface area (Å²) in [7, 11) is 0. The molecule has 0 amide bonds. The first-order chi connectivity index (χ1) is 19.7. The average Bonchev–Trinajstić information content (AvgIpc) is 3.55. The largest absolute Gasteiger partial charge is 0.487 e. The highest BCUT2D eigenvalue weighted by Gasteiger charge is 2.20. The molecular weight excluding hydrogens is 559 g/mol. The lowest BCUT2D eigenvalue weighted by molar-refractivity contribution is 0.0698. The van der Waals surface area contributed by atoms with E-state index in [-0.39, 0.29) is 24.1 Å². The minimum absolute atomic E-state index is 0.227. The number of halogens is 2. The van der Waals surface area contributed by atoms with Crippen LogP contribution < -0.4 is 10.5 Å². The van der Waals surface area contributed by atoms with Crippen molar-refractivity contribution in [3.63, 3.8) is 0 Å². The van der Waals surface area contributed by atoms with Gasteiger partial charge in [-0.05, 0) is 72.4 Å². The first kappa shape index (κ1) is 28.7. The molecule has 0 radical (unpaired) electrons. The fraction of sp³-hybridized carbons (Fsp3) is 0.250. The van der Waals surface area contributed by atoms with Gasteiger partial charge in [0, 0.05) is 24.2 Å². The Balaban J connectivity index is 1.32. The average molecular weight is 592 g/mol. The smallest absolute Gasteiger partial charge is 0.337 e. The van der Waals surface area contributed by atoms with Crippen LogP contribution in [0.15, 0.2) is 73.1 Å². The lowest BCUT2D eigenvalue weighted by Gasteiger charge is -2.18. The topological polar surface area (TPSA) is 95.3 Å². The van der Waals surface area contributed by atoms with Crippen molar-refractivity contribution in [2.75, 3.05) is 0 Å². The molecule has 0 spiro atoms. The van der Waals surface area contributed by atoms with Crippen molar-refractivity contribution >= 4 is 40.1 Å². The molecule has 9 heteroatoms. The van der Waals surface area contributed by atoms with E-state index < -0.39 is 5.97 Å². The molecule has 0 aliphatic heterocycles. The van der Waals surface area contributed by atoms with Crippen LogP contribution in [0, 0.1) is 6.92 Å². The molecule has 0 saturated heterocycles. The number of nitrogens with two attached hydrogens (primary N) is 1. The SMILES string of the molecule is Cc1cc(OCc2c(C(C)C)cnn2-c2c(Cl)cccc2Cl)ccc1C(N)CCn1ccc2cccc(C(=O)O)c21. The van der Waals surface area contributed by atoms with Gasteiger partial charge in [0.15, 0.2) is 0 Å². The van der Waals surface area contributed by atoms with Crippen molar-refractivity contribution in [1.29, 1.82) is 0 Å². The van der Waals surface area contributed by atoms with Crippen LogP contribution in [0.4, 0.5) is 0 Å². The van der Waals surface area contributed by atoms with Gasteiger partial charge in [-0.3, -0.25) is 0 Å². The molecule has 3 aromatic carbocycles. The number of hydrogen-bond donors (Lipinski definition) is 2. The highest BCUT2D eigenvalue weighted by atomic mass is 35.5. The normalized spacial score (nSPS) is 12.3. The maximum Gasteiger partial charge on any atom is 0.337 e. The van der Waals surface area contributed by atoms with Crippen molar-refractivity contribution in [2.24, 2.45) is 5.73 Å². The highest BCUT2D eigenvalue weighted by molar-refractivity contribution is 6.37. The number of para-hydroxylation sites is 2. The Morgan fingerprint density at radius 3 is 2.46 bits per heavy atom. The van der Waals surface area contributed by atoms with Gasteiger partial charge in [0.2, 0.25) is 0 Å². The number of nitrogens with zero attached hydrogens (tertiary/aromatic N) is 3. The molecule has 0 aliphatic rings. The van der Waals surface area contributed by atoms with Crippen molar-refractivity contribution in [1.82, 2.24) is 14.3 Å². The van der Waals surface area contributed by atoms with Gasteiger partial charge >= 0.3 is 5.97 Å². The van der Waals surface area contributed by atoms with Gasteiger partial charge in [-0.25, -0.2) is 9.48 Å². The van der Waals surface area contributed by atoms with E-state index >= 15 is 0 Å². The van der Waals surface area contributed by atoms with Crippen LogP contribution in [0.5, 0.6) is 5.75 Å². The second-order valence-corrected chi connectivity index (χ2v) is 11.3. The van der Waals surface area contributed by atoms with E-state index in [1.165, 1.54) is 0 Å². The predicted molar refractivity (Wildman–Crippen MR) is 164 cm³/mol. The summed E-state index contributed by atoms with van der Waals surface area (Å²) < 4.78 is 9.98. The van der Waals surface area contributed by atoms with Crippen LogP contribution in [0.25, 0.3) is 16.6 Å². The van der Waals surface area contributed by atoms with Gasteiger partial charge in [-0.2, -0.15) is 5.10 Å². The summed E-state index contributed by atoms with van der Waals surface area (Å²) in [5, 5.41) is 16.1. The Morgan fingerprint density at radius 2 is 1.78 bits per heavy atom. The lowest BCUT2D eigenvalue weighted by Crippen LogP contribution is -2.15. The molecule has 5 aromatic rings. The summed E-state index contributed by atoms with van der Waals surface area (Å²) in [6.07, 6.45) is 4.40. The zero-order valence-electron chi connectivity index (χ0n) is 23.1. The number of hydrogen-bond acceptors (Lipinski definition) is 4.